The van der Waals surface area contributed by atoms with Crippen molar-refractivity contribution in [3.8, 4) is 17.2 Å². The number of methoxy groups -OCH3 is 1. The van der Waals surface area contributed by atoms with E-state index >= 15 is 0 Å². The molecule has 9 heteroatoms. The van der Waals surface area contributed by atoms with Gasteiger partial charge in [0.1, 0.15) is 19.0 Å². The topological polar surface area (TPSA) is 65.1 Å². The van der Waals surface area contributed by atoms with Crippen LogP contribution in [-0.2, 0) is 11.4 Å². The van der Waals surface area contributed by atoms with Crippen LogP contribution in [0.2, 0.25) is 5.02 Å². The number of thioether (sulfide) groups is 1. The van der Waals surface area contributed by atoms with E-state index in [1.54, 1.807) is 31.4 Å². The molecule has 0 N–H and O–H groups in total. The van der Waals surface area contributed by atoms with Crippen LogP contribution < -0.4 is 14.2 Å². The molecule has 180 valence electrons. The van der Waals surface area contributed by atoms with Gasteiger partial charge in [0.25, 0.3) is 11.1 Å². The summed E-state index contributed by atoms with van der Waals surface area (Å²) < 4.78 is 17.8. The minimum absolute atomic E-state index is 0.168. The zero-order valence-corrected chi connectivity index (χ0v) is 21.9. The maximum absolute atomic E-state index is 12.8. The van der Waals surface area contributed by atoms with E-state index in [0.29, 0.717) is 43.8 Å². The van der Waals surface area contributed by atoms with Crippen molar-refractivity contribution in [2.75, 3.05) is 20.3 Å². The van der Waals surface area contributed by atoms with Gasteiger partial charge in [-0.3, -0.25) is 14.5 Å². The van der Waals surface area contributed by atoms with Crippen molar-refractivity contribution in [1.82, 2.24) is 4.90 Å². The van der Waals surface area contributed by atoms with Gasteiger partial charge < -0.3 is 14.2 Å². The molecule has 35 heavy (non-hydrogen) atoms. The number of halogens is 2. The van der Waals surface area contributed by atoms with Crippen LogP contribution in [0.5, 0.6) is 17.2 Å². The molecule has 1 saturated heterocycles. The summed E-state index contributed by atoms with van der Waals surface area (Å²) in [7, 11) is 1.54. The molecular formula is C26H21BrClNO5S. The van der Waals surface area contributed by atoms with Gasteiger partial charge in [-0.2, -0.15) is 0 Å². The van der Waals surface area contributed by atoms with E-state index in [1.165, 1.54) is 4.90 Å². The van der Waals surface area contributed by atoms with Crippen LogP contribution in [-0.4, -0.2) is 36.3 Å². The van der Waals surface area contributed by atoms with E-state index in [2.05, 4.69) is 15.9 Å². The molecule has 0 radical (unpaired) electrons. The first kappa shape index (κ1) is 25.2. The molecule has 1 aliphatic heterocycles. The maximum Gasteiger partial charge on any atom is 0.293 e. The van der Waals surface area contributed by atoms with E-state index in [4.69, 9.17) is 25.8 Å². The lowest BCUT2D eigenvalue weighted by Gasteiger charge is -2.14. The van der Waals surface area contributed by atoms with Crippen LogP contribution in [0.1, 0.15) is 11.1 Å². The third-order valence-corrected chi connectivity index (χ3v) is 6.79. The Balaban J connectivity index is 1.44. The second-order valence-corrected chi connectivity index (χ2v) is 9.73. The number of nitrogens with zero attached hydrogens (tertiary/aromatic N) is 1. The first-order valence-electron chi connectivity index (χ1n) is 10.6. The molecule has 0 bridgehead atoms. The summed E-state index contributed by atoms with van der Waals surface area (Å²) in [6.07, 6.45) is 1.67. The Labute approximate surface area is 220 Å². The Kier molecular flexibility index (Phi) is 8.38. The number of benzene rings is 3. The average molecular weight is 575 g/mol. The van der Waals surface area contributed by atoms with E-state index in [1.807, 2.05) is 48.5 Å². The standard InChI is InChI=1S/C26H21BrClNO5S/c1-32-22-14-18(13-21(27)24(22)34-16-17-7-9-19(28)10-8-17)15-23-25(30)29(26(31)35-23)11-12-33-20-5-3-2-4-6-20/h2-10,13-15H,11-12,16H2,1H3/b23-15-. The number of ether oxygens (including phenoxy) is 3. The summed E-state index contributed by atoms with van der Waals surface area (Å²) in [5.41, 5.74) is 1.65. The lowest BCUT2D eigenvalue weighted by Crippen LogP contribution is -2.32. The molecule has 6 nitrogen and oxygen atoms in total. The number of amides is 2. The Bertz CT molecular complexity index is 1250. The van der Waals surface area contributed by atoms with Gasteiger partial charge in [0.2, 0.25) is 0 Å². The van der Waals surface area contributed by atoms with E-state index in [9.17, 15) is 9.59 Å². The van der Waals surface area contributed by atoms with Crippen LogP contribution in [0.25, 0.3) is 6.08 Å². The van der Waals surface area contributed by atoms with Crippen LogP contribution >= 0.6 is 39.3 Å². The number of imide groups is 1. The van der Waals surface area contributed by atoms with Crippen LogP contribution in [0.4, 0.5) is 4.79 Å². The zero-order valence-electron chi connectivity index (χ0n) is 18.7. The van der Waals surface area contributed by atoms with Crippen LogP contribution in [0, 0.1) is 0 Å². The van der Waals surface area contributed by atoms with Gasteiger partial charge in [-0.15, -0.1) is 0 Å². The van der Waals surface area contributed by atoms with E-state index < -0.39 is 0 Å². The van der Waals surface area contributed by atoms with Crippen LogP contribution in [0.3, 0.4) is 0 Å². The predicted octanol–water partition coefficient (Wildman–Crippen LogP) is 6.81. The van der Waals surface area contributed by atoms with E-state index in [-0.39, 0.29) is 24.3 Å². The lowest BCUT2D eigenvalue weighted by atomic mass is 10.1. The number of carbonyl (C=O) groups is 2. The number of rotatable bonds is 9. The van der Waals surface area contributed by atoms with Crippen molar-refractivity contribution >= 4 is 56.5 Å². The molecule has 3 aromatic rings. The third-order valence-electron chi connectivity index (χ3n) is 5.05. The van der Waals surface area contributed by atoms with Gasteiger partial charge >= 0.3 is 0 Å². The second kappa shape index (κ2) is 11.7. The van der Waals surface area contributed by atoms with Gasteiger partial charge in [-0.25, -0.2) is 0 Å². The molecule has 1 aliphatic rings. The Morgan fingerprint density at radius 3 is 2.49 bits per heavy atom. The molecular weight excluding hydrogens is 554 g/mol. The third kappa shape index (κ3) is 6.39. The van der Waals surface area contributed by atoms with Gasteiger partial charge in [0.15, 0.2) is 11.5 Å². The highest BCUT2D eigenvalue weighted by molar-refractivity contribution is 9.10. The van der Waals surface area contributed by atoms with Crippen molar-refractivity contribution < 1.29 is 23.8 Å². The number of hydrogen-bond acceptors (Lipinski definition) is 6. The zero-order chi connectivity index (χ0) is 24.8. The number of hydrogen-bond donors (Lipinski definition) is 0. The fraction of sp³-hybridized carbons (Fsp3) is 0.154. The van der Waals surface area contributed by atoms with Crippen molar-refractivity contribution in [2.24, 2.45) is 0 Å². The molecule has 0 spiro atoms. The average Bonchev–Trinajstić information content (AvgIpc) is 3.12. The SMILES string of the molecule is COc1cc(/C=C2\SC(=O)N(CCOc3ccccc3)C2=O)cc(Br)c1OCc1ccc(Cl)cc1. The summed E-state index contributed by atoms with van der Waals surface area (Å²) >= 11 is 10.4. The summed E-state index contributed by atoms with van der Waals surface area (Å²) in [5, 5.41) is 0.330. The minimum atomic E-state index is -0.352. The lowest BCUT2D eigenvalue weighted by molar-refractivity contribution is -0.123. The van der Waals surface area contributed by atoms with Crippen LogP contribution in [0.15, 0.2) is 76.1 Å². The summed E-state index contributed by atoms with van der Waals surface area (Å²) in [5.74, 6) is 1.36. The smallest absolute Gasteiger partial charge is 0.293 e. The summed E-state index contributed by atoms with van der Waals surface area (Å²) in [4.78, 5) is 26.8. The molecule has 0 unspecified atom stereocenters. The van der Waals surface area contributed by atoms with Gasteiger partial charge in [0.05, 0.1) is 23.0 Å². The van der Waals surface area contributed by atoms with Gasteiger partial charge in [-0.05, 0) is 81.3 Å². The molecule has 0 atom stereocenters. The number of para-hydroxylation sites is 1. The Hall–Kier alpha value is -2.94. The predicted molar refractivity (Wildman–Crippen MR) is 141 cm³/mol. The Morgan fingerprint density at radius 2 is 1.77 bits per heavy atom. The molecule has 1 fully saturated rings. The van der Waals surface area contributed by atoms with Crippen molar-refractivity contribution in [3.63, 3.8) is 0 Å². The highest BCUT2D eigenvalue weighted by atomic mass is 79.9. The molecule has 4 rings (SSSR count). The largest absolute Gasteiger partial charge is 0.493 e. The maximum atomic E-state index is 12.8. The normalized spacial score (nSPS) is 14.5. The molecule has 0 aliphatic carbocycles. The van der Waals surface area contributed by atoms with Crippen molar-refractivity contribution in [1.29, 1.82) is 0 Å². The number of carbonyl (C=O) groups excluding carboxylic acids is 2. The van der Waals surface area contributed by atoms with Gasteiger partial charge in [0, 0.05) is 5.02 Å². The Morgan fingerprint density at radius 1 is 1.03 bits per heavy atom. The molecule has 1 heterocycles. The quantitative estimate of drug-likeness (QED) is 0.262. The first-order chi connectivity index (χ1) is 16.9. The molecule has 3 aromatic carbocycles. The van der Waals surface area contributed by atoms with Crippen molar-refractivity contribution in [2.45, 2.75) is 6.61 Å². The fourth-order valence-electron chi connectivity index (χ4n) is 3.31. The van der Waals surface area contributed by atoms with Gasteiger partial charge in [-0.1, -0.05) is 41.9 Å². The van der Waals surface area contributed by atoms with Crippen molar-refractivity contribution in [3.05, 3.63) is 92.3 Å². The molecule has 2 amide bonds. The summed E-state index contributed by atoms with van der Waals surface area (Å²) in [6.45, 7) is 0.713. The highest BCUT2D eigenvalue weighted by Crippen LogP contribution is 2.39. The molecule has 0 saturated carbocycles. The monoisotopic (exact) mass is 573 g/mol. The van der Waals surface area contributed by atoms with E-state index in [0.717, 1.165) is 17.3 Å². The second-order valence-electron chi connectivity index (χ2n) is 7.44. The minimum Gasteiger partial charge on any atom is -0.493 e. The fourth-order valence-corrected chi connectivity index (χ4v) is 4.88. The summed E-state index contributed by atoms with van der Waals surface area (Å²) in [6, 6.07) is 20.2. The molecule has 0 aromatic heterocycles. The highest BCUT2D eigenvalue weighted by Gasteiger charge is 2.34. The first-order valence-corrected chi connectivity index (χ1v) is 12.6.